The highest BCUT2D eigenvalue weighted by atomic mass is 16.2. The van der Waals surface area contributed by atoms with Crippen molar-refractivity contribution < 1.29 is 9.90 Å². The van der Waals surface area contributed by atoms with Gasteiger partial charge in [-0.2, -0.15) is 5.10 Å². The van der Waals surface area contributed by atoms with E-state index in [4.69, 9.17) is 5.11 Å². The molecule has 0 radical (unpaired) electrons. The Morgan fingerprint density at radius 2 is 2.33 bits per heavy atom. The zero-order valence-electron chi connectivity index (χ0n) is 11.6. The van der Waals surface area contributed by atoms with E-state index in [0.29, 0.717) is 17.5 Å². The molecule has 2 aromatic rings. The SMILES string of the molecule is CC(NC(=O)c1cncc(C#CCCO)c1)c1cn[nH]c1. The third-order valence-electron chi connectivity index (χ3n) is 2.84. The minimum Gasteiger partial charge on any atom is -0.395 e. The van der Waals surface area contributed by atoms with E-state index < -0.39 is 0 Å². The number of carbonyl (C=O) groups excluding carboxylic acids is 1. The fraction of sp³-hybridized carbons (Fsp3) is 0.267. The van der Waals surface area contributed by atoms with Crippen molar-refractivity contribution in [2.24, 2.45) is 0 Å². The van der Waals surface area contributed by atoms with Crippen molar-refractivity contribution in [3.8, 4) is 11.8 Å². The number of aromatic amines is 1. The maximum atomic E-state index is 12.2. The van der Waals surface area contributed by atoms with Crippen LogP contribution in [-0.4, -0.2) is 32.8 Å². The summed E-state index contributed by atoms with van der Waals surface area (Å²) in [6.07, 6.45) is 6.88. The Balaban J connectivity index is 2.06. The smallest absolute Gasteiger partial charge is 0.253 e. The Kier molecular flexibility index (Phi) is 5.07. The largest absolute Gasteiger partial charge is 0.395 e. The number of nitrogens with zero attached hydrogens (tertiary/aromatic N) is 2. The van der Waals surface area contributed by atoms with Crippen molar-refractivity contribution in [1.29, 1.82) is 0 Å². The van der Waals surface area contributed by atoms with Crippen LogP contribution < -0.4 is 5.32 Å². The molecule has 6 heteroatoms. The predicted molar refractivity (Wildman–Crippen MR) is 77.3 cm³/mol. The number of carbonyl (C=O) groups is 1. The number of amides is 1. The molecule has 0 spiro atoms. The molecule has 2 heterocycles. The van der Waals surface area contributed by atoms with Crippen LogP contribution in [0.3, 0.4) is 0 Å². The van der Waals surface area contributed by atoms with Gasteiger partial charge in [-0.3, -0.25) is 14.9 Å². The first-order valence-electron chi connectivity index (χ1n) is 6.55. The summed E-state index contributed by atoms with van der Waals surface area (Å²) in [6, 6.07) is 1.52. The highest BCUT2D eigenvalue weighted by Crippen LogP contribution is 2.11. The van der Waals surface area contributed by atoms with Gasteiger partial charge in [-0.05, 0) is 13.0 Å². The lowest BCUT2D eigenvalue weighted by Gasteiger charge is -2.11. The van der Waals surface area contributed by atoms with Gasteiger partial charge in [0.1, 0.15) is 0 Å². The standard InChI is InChI=1S/C15H16N4O2/c1-11(14-9-17-18-10-14)19-15(21)13-6-12(7-16-8-13)4-2-3-5-20/h6-11,20H,3,5H2,1H3,(H,17,18)(H,19,21). The van der Waals surface area contributed by atoms with Crippen LogP contribution in [0, 0.1) is 11.8 Å². The van der Waals surface area contributed by atoms with Gasteiger partial charge >= 0.3 is 0 Å². The minimum absolute atomic E-state index is 0.0167. The summed E-state index contributed by atoms with van der Waals surface area (Å²) in [5, 5.41) is 18.1. The van der Waals surface area contributed by atoms with Crippen LogP contribution in [0.2, 0.25) is 0 Å². The highest BCUT2D eigenvalue weighted by Gasteiger charge is 2.12. The van der Waals surface area contributed by atoms with E-state index in [1.807, 2.05) is 6.92 Å². The van der Waals surface area contributed by atoms with Gasteiger partial charge in [0.15, 0.2) is 0 Å². The van der Waals surface area contributed by atoms with Crippen molar-refractivity contribution in [2.45, 2.75) is 19.4 Å². The molecule has 0 saturated heterocycles. The second kappa shape index (κ2) is 7.22. The van der Waals surface area contributed by atoms with Crippen LogP contribution in [0.5, 0.6) is 0 Å². The molecular formula is C15H16N4O2. The molecule has 1 amide bonds. The molecule has 1 unspecified atom stereocenters. The average Bonchev–Trinajstić information content (AvgIpc) is 3.02. The summed E-state index contributed by atoms with van der Waals surface area (Å²) in [7, 11) is 0. The number of aliphatic hydroxyl groups excluding tert-OH is 1. The molecule has 0 aliphatic rings. The number of rotatable bonds is 4. The topological polar surface area (TPSA) is 90.9 Å². The second-order valence-corrected chi connectivity index (χ2v) is 4.46. The Hall–Kier alpha value is -2.65. The zero-order valence-corrected chi connectivity index (χ0v) is 11.6. The summed E-state index contributed by atoms with van der Waals surface area (Å²) >= 11 is 0. The molecule has 108 valence electrons. The van der Waals surface area contributed by atoms with Crippen LogP contribution in [0.15, 0.2) is 30.9 Å². The molecule has 0 bridgehead atoms. The van der Waals surface area contributed by atoms with E-state index in [0.717, 1.165) is 5.56 Å². The fourth-order valence-corrected chi connectivity index (χ4v) is 1.71. The van der Waals surface area contributed by atoms with E-state index in [2.05, 4.69) is 32.3 Å². The number of hydrogen-bond acceptors (Lipinski definition) is 4. The van der Waals surface area contributed by atoms with Gasteiger partial charge in [-0.1, -0.05) is 11.8 Å². The maximum Gasteiger partial charge on any atom is 0.253 e. The normalized spacial score (nSPS) is 11.3. The van der Waals surface area contributed by atoms with Crippen molar-refractivity contribution in [1.82, 2.24) is 20.5 Å². The molecule has 21 heavy (non-hydrogen) atoms. The second-order valence-electron chi connectivity index (χ2n) is 4.46. The molecule has 2 aromatic heterocycles. The van der Waals surface area contributed by atoms with Gasteiger partial charge in [0.25, 0.3) is 5.91 Å². The third-order valence-corrected chi connectivity index (χ3v) is 2.84. The molecule has 0 aliphatic carbocycles. The molecular weight excluding hydrogens is 268 g/mol. The highest BCUT2D eigenvalue weighted by molar-refractivity contribution is 5.94. The predicted octanol–water partition coefficient (Wildman–Crippen LogP) is 1.03. The van der Waals surface area contributed by atoms with Gasteiger partial charge in [-0.15, -0.1) is 0 Å². The lowest BCUT2D eigenvalue weighted by molar-refractivity contribution is 0.0939. The van der Waals surface area contributed by atoms with Gasteiger partial charge in [0.2, 0.25) is 0 Å². The number of nitrogens with one attached hydrogen (secondary N) is 2. The summed E-state index contributed by atoms with van der Waals surface area (Å²) in [6.45, 7) is 1.89. The van der Waals surface area contributed by atoms with Crippen molar-refractivity contribution in [3.63, 3.8) is 0 Å². The lowest BCUT2D eigenvalue weighted by atomic mass is 10.1. The molecule has 3 N–H and O–H groups in total. The van der Waals surface area contributed by atoms with Crippen molar-refractivity contribution in [2.75, 3.05) is 6.61 Å². The monoisotopic (exact) mass is 284 g/mol. The number of aromatic nitrogens is 3. The molecule has 1 atom stereocenters. The van der Waals surface area contributed by atoms with E-state index in [1.165, 1.54) is 6.20 Å². The Morgan fingerprint density at radius 1 is 1.48 bits per heavy atom. The van der Waals surface area contributed by atoms with Crippen LogP contribution >= 0.6 is 0 Å². The Bertz CT molecular complexity index is 656. The maximum absolute atomic E-state index is 12.2. The van der Waals surface area contributed by atoms with E-state index >= 15 is 0 Å². The summed E-state index contributed by atoms with van der Waals surface area (Å²) in [4.78, 5) is 16.2. The number of pyridine rings is 1. The third kappa shape index (κ3) is 4.16. The fourth-order valence-electron chi connectivity index (χ4n) is 1.71. The first kappa shape index (κ1) is 14.8. The van der Waals surface area contributed by atoms with Crippen LogP contribution in [0.25, 0.3) is 0 Å². The summed E-state index contributed by atoms with van der Waals surface area (Å²) < 4.78 is 0. The van der Waals surface area contributed by atoms with Gasteiger partial charge < -0.3 is 10.4 Å². The molecule has 0 saturated carbocycles. The number of H-pyrrole nitrogens is 1. The van der Waals surface area contributed by atoms with Crippen molar-refractivity contribution >= 4 is 5.91 Å². The van der Waals surface area contributed by atoms with Crippen LogP contribution in [0.1, 0.15) is 40.9 Å². The minimum atomic E-state index is -0.220. The zero-order chi connectivity index (χ0) is 15.1. The Labute approximate surface area is 122 Å². The molecule has 0 aliphatic heterocycles. The summed E-state index contributed by atoms with van der Waals surface area (Å²) in [5.74, 6) is 5.43. The first-order valence-corrected chi connectivity index (χ1v) is 6.55. The van der Waals surface area contributed by atoms with E-state index in [1.54, 1.807) is 24.7 Å². The molecule has 0 aromatic carbocycles. The van der Waals surface area contributed by atoms with Gasteiger partial charge in [0, 0.05) is 36.1 Å². The first-order chi connectivity index (χ1) is 10.2. The lowest BCUT2D eigenvalue weighted by Crippen LogP contribution is -2.26. The number of aliphatic hydroxyl groups is 1. The van der Waals surface area contributed by atoms with E-state index in [-0.39, 0.29) is 18.6 Å². The average molecular weight is 284 g/mol. The molecule has 6 nitrogen and oxygen atoms in total. The Morgan fingerprint density at radius 3 is 3.05 bits per heavy atom. The number of hydrogen-bond donors (Lipinski definition) is 3. The van der Waals surface area contributed by atoms with Crippen molar-refractivity contribution in [3.05, 3.63) is 47.5 Å². The van der Waals surface area contributed by atoms with E-state index in [9.17, 15) is 4.79 Å². The van der Waals surface area contributed by atoms with Gasteiger partial charge in [0.05, 0.1) is 24.4 Å². The molecule has 2 rings (SSSR count). The van der Waals surface area contributed by atoms with Gasteiger partial charge in [-0.25, -0.2) is 0 Å². The molecule has 0 fully saturated rings. The van der Waals surface area contributed by atoms with Crippen LogP contribution in [0.4, 0.5) is 0 Å². The quantitative estimate of drug-likeness (QED) is 0.731. The van der Waals surface area contributed by atoms with Crippen LogP contribution in [-0.2, 0) is 0 Å². The summed E-state index contributed by atoms with van der Waals surface area (Å²) in [5.41, 5.74) is 1.99.